The second kappa shape index (κ2) is 10.4. The second-order valence-corrected chi connectivity index (χ2v) is 0.787. The topological polar surface area (TPSA) is 74.6 Å². The summed E-state index contributed by atoms with van der Waals surface area (Å²) in [5, 5.41) is 14.6. The van der Waals surface area contributed by atoms with Crippen LogP contribution in [-0.2, 0) is 30.7 Å². The molecule has 0 aliphatic heterocycles. The molecule has 0 aliphatic carbocycles. The number of carboxylic acid groups (broad SMARTS) is 2. The van der Waals surface area contributed by atoms with Crippen LogP contribution in [0.25, 0.3) is 0 Å². The zero-order valence-electron chi connectivity index (χ0n) is 4.53. The van der Waals surface area contributed by atoms with Crippen LogP contribution < -0.4 is 0 Å². The first-order valence-electron chi connectivity index (χ1n) is 1.56. The van der Waals surface area contributed by atoms with Crippen LogP contribution in [0.1, 0.15) is 0 Å². The summed E-state index contributed by atoms with van der Waals surface area (Å²) < 4.78 is 0. The molecule has 0 saturated carbocycles. The monoisotopic (exact) mass is 216 g/mol. The van der Waals surface area contributed by atoms with E-state index in [1.807, 2.05) is 0 Å². The van der Waals surface area contributed by atoms with Gasteiger partial charge in [-0.15, -0.1) is 0 Å². The van der Waals surface area contributed by atoms with E-state index in [9.17, 15) is 0 Å². The third kappa shape index (κ3) is 532. The van der Waals surface area contributed by atoms with E-state index in [0.29, 0.717) is 0 Å². The van der Waals surface area contributed by atoms with Gasteiger partial charge in [0.25, 0.3) is 0 Å². The van der Waals surface area contributed by atoms with Crippen LogP contribution in [0, 0.1) is 13.8 Å². The summed E-state index contributed by atoms with van der Waals surface area (Å²) >= 11 is 0. The molecule has 0 amide bonds. The molecule has 52 valence electrons. The summed E-state index contributed by atoms with van der Waals surface area (Å²) in [6.07, 6.45) is 0. The van der Waals surface area contributed by atoms with E-state index in [0.717, 1.165) is 0 Å². The van der Waals surface area contributed by atoms with E-state index in [4.69, 9.17) is 19.8 Å². The van der Waals surface area contributed by atoms with Crippen molar-refractivity contribution in [3.05, 3.63) is 13.8 Å². The van der Waals surface area contributed by atoms with Gasteiger partial charge in [-0.05, 0) is 0 Å². The molecular formula is C4H6MoO4. The molecular weight excluding hydrogens is 208 g/mol. The zero-order chi connectivity index (χ0) is 7.15. The minimum absolute atomic E-state index is 0. The van der Waals surface area contributed by atoms with Crippen molar-refractivity contribution in [1.29, 1.82) is 0 Å². The van der Waals surface area contributed by atoms with E-state index < -0.39 is 11.9 Å². The van der Waals surface area contributed by atoms with Crippen LogP contribution >= 0.6 is 0 Å². The first-order valence-corrected chi connectivity index (χ1v) is 1.56. The molecule has 0 radical (unpaired) electrons. The molecule has 0 heterocycles. The molecule has 5 heteroatoms. The predicted molar refractivity (Wildman–Crippen MR) is 26.0 cm³/mol. The quantitative estimate of drug-likeness (QED) is 0.432. The van der Waals surface area contributed by atoms with Crippen LogP contribution in [0.3, 0.4) is 0 Å². The molecule has 2 N–H and O–H groups in total. The van der Waals surface area contributed by atoms with Crippen molar-refractivity contribution in [1.82, 2.24) is 0 Å². The van der Waals surface area contributed by atoms with Gasteiger partial charge in [-0.1, -0.05) is 0 Å². The maximum Gasteiger partial charge on any atom is 2.00 e. The van der Waals surface area contributed by atoms with Gasteiger partial charge in [0.2, 0.25) is 0 Å². The van der Waals surface area contributed by atoms with E-state index >= 15 is 0 Å². The van der Waals surface area contributed by atoms with Crippen molar-refractivity contribution >= 4 is 11.9 Å². The molecule has 0 bridgehead atoms. The minimum Gasteiger partial charge on any atom is -0.503 e. The fraction of sp³-hybridized carbons (Fsp3) is 0. The van der Waals surface area contributed by atoms with Crippen LogP contribution in [0.4, 0.5) is 0 Å². The van der Waals surface area contributed by atoms with Gasteiger partial charge in [-0.3, -0.25) is 23.4 Å². The van der Waals surface area contributed by atoms with Crippen LogP contribution in [-0.4, -0.2) is 22.2 Å². The van der Waals surface area contributed by atoms with Crippen molar-refractivity contribution in [2.75, 3.05) is 0 Å². The van der Waals surface area contributed by atoms with Crippen LogP contribution in [0.15, 0.2) is 0 Å². The summed E-state index contributed by atoms with van der Waals surface area (Å²) in [6, 6.07) is 0. The van der Waals surface area contributed by atoms with Gasteiger partial charge >= 0.3 is 21.1 Å². The van der Waals surface area contributed by atoms with Gasteiger partial charge in [0.15, 0.2) is 11.9 Å². The Bertz CT molecular complexity index is 70.6. The Kier molecular flexibility index (Phi) is 18.2. The number of hydrogen-bond donors (Lipinski definition) is 2. The number of hydrogen-bond acceptors (Lipinski definition) is 2. The smallest absolute Gasteiger partial charge is 0.503 e. The molecule has 0 saturated heterocycles. The first kappa shape index (κ1) is 15.8. The third-order valence-electron chi connectivity index (χ3n) is 0. The van der Waals surface area contributed by atoms with Gasteiger partial charge < -0.3 is 10.2 Å². The third-order valence-corrected chi connectivity index (χ3v) is 0. The Balaban J connectivity index is -0.0000000720. The fourth-order valence-electron chi connectivity index (χ4n) is 0. The molecule has 0 aromatic rings. The molecule has 4 nitrogen and oxygen atoms in total. The molecule has 0 aromatic carbocycles. The second-order valence-electron chi connectivity index (χ2n) is 0.787. The van der Waals surface area contributed by atoms with Gasteiger partial charge in [0.05, 0.1) is 0 Å². The number of carbonyl (C=O) groups is 2. The summed E-state index contributed by atoms with van der Waals surface area (Å²) in [4.78, 5) is 17.8. The number of aliphatic carboxylic acids is 2. The van der Waals surface area contributed by atoms with Crippen molar-refractivity contribution < 1.29 is 40.9 Å². The van der Waals surface area contributed by atoms with Crippen molar-refractivity contribution in [3.63, 3.8) is 0 Å². The van der Waals surface area contributed by atoms with Gasteiger partial charge in [0.1, 0.15) is 0 Å². The summed E-state index contributed by atoms with van der Waals surface area (Å²) in [5.41, 5.74) is 0. The standard InChI is InChI=1S/2C2H3O2.Mo/c2*1-2(3)4;/h2*1H2,(H,3,4);/q2*-1;+2. The molecule has 0 fully saturated rings. The minimum atomic E-state index is -1.08. The maximum absolute atomic E-state index is 8.89. The normalized spacial score (nSPS) is 5.33. The molecule has 0 atom stereocenters. The van der Waals surface area contributed by atoms with Crippen LogP contribution in [0.2, 0.25) is 0 Å². The Morgan fingerprint density at radius 2 is 1.00 bits per heavy atom. The summed E-state index contributed by atoms with van der Waals surface area (Å²) in [7, 11) is 0. The van der Waals surface area contributed by atoms with Crippen molar-refractivity contribution in [2.45, 2.75) is 0 Å². The van der Waals surface area contributed by atoms with Crippen molar-refractivity contribution in [3.8, 4) is 0 Å². The van der Waals surface area contributed by atoms with E-state index in [-0.39, 0.29) is 21.1 Å². The first-order chi connectivity index (χ1) is 3.46. The predicted octanol–water partition coefficient (Wildman–Crippen LogP) is -0.192. The largest absolute Gasteiger partial charge is 2.00 e. The van der Waals surface area contributed by atoms with Gasteiger partial charge in [-0.2, -0.15) is 0 Å². The van der Waals surface area contributed by atoms with Crippen LogP contribution in [0.5, 0.6) is 0 Å². The van der Waals surface area contributed by atoms with E-state index in [1.54, 1.807) is 0 Å². The summed E-state index contributed by atoms with van der Waals surface area (Å²) in [5.74, 6) is -2.17. The van der Waals surface area contributed by atoms with Gasteiger partial charge in [0, 0.05) is 0 Å². The number of rotatable bonds is 0. The molecule has 0 unspecified atom stereocenters. The fourth-order valence-corrected chi connectivity index (χ4v) is 0. The molecule has 0 aromatic heterocycles. The molecule has 0 spiro atoms. The maximum atomic E-state index is 8.89. The SMILES string of the molecule is [CH2-]C(=O)O.[CH2-]C(=O)O.[Mo+2]. The van der Waals surface area contributed by atoms with Gasteiger partial charge in [-0.25, -0.2) is 0 Å². The molecule has 0 rings (SSSR count). The Morgan fingerprint density at radius 1 is 1.00 bits per heavy atom. The Labute approximate surface area is 67.1 Å². The molecule has 9 heavy (non-hydrogen) atoms. The molecule has 0 aliphatic rings. The van der Waals surface area contributed by atoms with E-state index in [2.05, 4.69) is 13.8 Å². The van der Waals surface area contributed by atoms with E-state index in [1.165, 1.54) is 0 Å². The average Bonchev–Trinajstić information content (AvgIpc) is 1.25. The summed E-state index contributed by atoms with van der Waals surface area (Å²) in [6.45, 7) is 5.11. The average molecular weight is 214 g/mol. The Hall–Kier alpha value is -0.632. The zero-order valence-corrected chi connectivity index (χ0v) is 6.54. The van der Waals surface area contributed by atoms with Crippen molar-refractivity contribution in [2.24, 2.45) is 0 Å². The Morgan fingerprint density at radius 3 is 1.00 bits per heavy atom. The number of carboxylic acids is 2.